The zero-order valence-electron chi connectivity index (χ0n) is 5.32. The molecule has 54 valence electrons. The van der Waals surface area contributed by atoms with Gasteiger partial charge in [-0.2, -0.15) is 0 Å². The Bertz CT molecular complexity index is 124. The van der Waals surface area contributed by atoms with Crippen molar-refractivity contribution in [3.05, 3.63) is 0 Å². The van der Waals surface area contributed by atoms with Crippen LogP contribution in [0.1, 0.15) is 19.8 Å². The number of aliphatic hydroxyl groups is 1. The van der Waals surface area contributed by atoms with Gasteiger partial charge in [-0.15, -0.1) is 0 Å². The van der Waals surface area contributed by atoms with Gasteiger partial charge >= 0.3 is 0 Å². The third kappa shape index (κ3) is 1.33. The van der Waals surface area contributed by atoms with E-state index >= 15 is 0 Å². The summed E-state index contributed by atoms with van der Waals surface area (Å²) >= 11 is 7.03. The first-order valence-electron chi connectivity index (χ1n) is 3.00. The molecular formula is C6H10Br2O. The molecule has 3 heteroatoms. The Labute approximate surface area is 72.1 Å². The topological polar surface area (TPSA) is 20.2 Å². The fraction of sp³-hybridized carbons (Fsp3) is 1.00. The minimum Gasteiger partial charge on any atom is -0.396 e. The SMILES string of the molecule is CC1(CCO)CC1(Br)Br. The molecule has 1 aliphatic carbocycles. The Morgan fingerprint density at radius 3 is 2.11 bits per heavy atom. The van der Waals surface area contributed by atoms with E-state index in [1.54, 1.807) is 0 Å². The van der Waals surface area contributed by atoms with Crippen molar-refractivity contribution in [3.63, 3.8) is 0 Å². The van der Waals surface area contributed by atoms with Gasteiger partial charge < -0.3 is 5.11 Å². The van der Waals surface area contributed by atoms with Crippen molar-refractivity contribution >= 4 is 31.9 Å². The molecule has 0 bridgehead atoms. The molecule has 1 nitrogen and oxygen atoms in total. The van der Waals surface area contributed by atoms with E-state index in [1.807, 2.05) is 0 Å². The van der Waals surface area contributed by atoms with Gasteiger partial charge in [-0.3, -0.25) is 0 Å². The molecule has 9 heavy (non-hydrogen) atoms. The van der Waals surface area contributed by atoms with Gasteiger partial charge in [0.15, 0.2) is 0 Å². The van der Waals surface area contributed by atoms with Gasteiger partial charge in [0.05, 0.1) is 3.23 Å². The maximum atomic E-state index is 8.63. The van der Waals surface area contributed by atoms with E-state index in [9.17, 15) is 0 Å². The molecule has 1 fully saturated rings. The van der Waals surface area contributed by atoms with Crippen LogP contribution >= 0.6 is 31.9 Å². The molecule has 1 saturated carbocycles. The molecular weight excluding hydrogens is 248 g/mol. The molecule has 0 aromatic rings. The molecule has 0 aliphatic heterocycles. The lowest BCUT2D eigenvalue weighted by Crippen LogP contribution is -2.05. The first-order chi connectivity index (χ1) is 4.02. The van der Waals surface area contributed by atoms with Crippen LogP contribution in [0.2, 0.25) is 0 Å². The van der Waals surface area contributed by atoms with Crippen molar-refractivity contribution in [2.24, 2.45) is 5.41 Å². The Kier molecular flexibility index (Phi) is 1.97. The summed E-state index contributed by atoms with van der Waals surface area (Å²) in [6.07, 6.45) is 1.99. The highest BCUT2D eigenvalue weighted by Gasteiger charge is 2.60. The molecule has 0 saturated heterocycles. The van der Waals surface area contributed by atoms with Crippen LogP contribution in [0.4, 0.5) is 0 Å². The maximum Gasteiger partial charge on any atom is 0.0866 e. The summed E-state index contributed by atoms with van der Waals surface area (Å²) in [6.45, 7) is 2.45. The van der Waals surface area contributed by atoms with E-state index in [0.29, 0.717) is 0 Å². The highest BCUT2D eigenvalue weighted by molar-refractivity contribution is 9.25. The number of aliphatic hydroxyl groups excluding tert-OH is 1. The van der Waals surface area contributed by atoms with Gasteiger partial charge in [-0.1, -0.05) is 38.8 Å². The van der Waals surface area contributed by atoms with Crippen molar-refractivity contribution in [1.82, 2.24) is 0 Å². The summed E-state index contributed by atoms with van der Waals surface area (Å²) in [5.74, 6) is 0. The smallest absolute Gasteiger partial charge is 0.0866 e. The van der Waals surface area contributed by atoms with E-state index < -0.39 is 0 Å². The Morgan fingerprint density at radius 2 is 2.00 bits per heavy atom. The van der Waals surface area contributed by atoms with Gasteiger partial charge in [-0.05, 0) is 18.3 Å². The van der Waals surface area contributed by atoms with Crippen LogP contribution in [0.3, 0.4) is 0 Å². The van der Waals surface area contributed by atoms with Crippen molar-refractivity contribution in [2.75, 3.05) is 6.61 Å². The zero-order valence-corrected chi connectivity index (χ0v) is 8.50. The largest absolute Gasteiger partial charge is 0.396 e. The van der Waals surface area contributed by atoms with Gasteiger partial charge in [0, 0.05) is 6.61 Å². The highest BCUT2D eigenvalue weighted by Crippen LogP contribution is 2.67. The molecule has 0 radical (unpaired) electrons. The first kappa shape index (κ1) is 8.02. The predicted octanol–water partition coefficient (Wildman–Crippen LogP) is 2.26. The fourth-order valence-corrected chi connectivity index (χ4v) is 2.60. The lowest BCUT2D eigenvalue weighted by molar-refractivity contribution is 0.256. The summed E-state index contributed by atoms with van der Waals surface area (Å²) in [5.41, 5.74) is 0.280. The van der Waals surface area contributed by atoms with Gasteiger partial charge in [0.2, 0.25) is 0 Å². The van der Waals surface area contributed by atoms with E-state index in [1.165, 1.54) is 0 Å². The molecule has 0 aromatic heterocycles. The zero-order chi connectivity index (χ0) is 7.12. The quantitative estimate of drug-likeness (QED) is 0.753. The van der Waals surface area contributed by atoms with E-state index in [4.69, 9.17) is 5.11 Å². The first-order valence-corrected chi connectivity index (χ1v) is 4.59. The second-order valence-electron chi connectivity index (χ2n) is 2.92. The second-order valence-corrected chi connectivity index (χ2v) is 6.69. The van der Waals surface area contributed by atoms with Crippen molar-refractivity contribution in [1.29, 1.82) is 0 Å². The molecule has 0 spiro atoms. The summed E-state index contributed by atoms with van der Waals surface area (Å²) in [5, 5.41) is 8.63. The molecule has 1 atom stereocenters. The number of alkyl halides is 2. The van der Waals surface area contributed by atoms with Gasteiger partial charge in [0.25, 0.3) is 0 Å². The van der Waals surface area contributed by atoms with Crippen LogP contribution in [0.15, 0.2) is 0 Å². The number of rotatable bonds is 2. The summed E-state index contributed by atoms with van der Waals surface area (Å²) in [7, 11) is 0. The highest BCUT2D eigenvalue weighted by atomic mass is 79.9. The Morgan fingerprint density at radius 1 is 1.56 bits per heavy atom. The van der Waals surface area contributed by atoms with Crippen LogP contribution in [-0.2, 0) is 0 Å². The predicted molar refractivity (Wildman–Crippen MR) is 45.0 cm³/mol. The van der Waals surface area contributed by atoms with E-state index in [0.717, 1.165) is 12.8 Å². The minimum absolute atomic E-state index is 0.121. The Balaban J connectivity index is 2.42. The molecule has 1 aliphatic rings. The summed E-state index contributed by atoms with van der Waals surface area (Å²) < 4.78 is 0.121. The van der Waals surface area contributed by atoms with Crippen molar-refractivity contribution < 1.29 is 5.11 Å². The van der Waals surface area contributed by atoms with Crippen molar-refractivity contribution in [2.45, 2.75) is 23.0 Å². The third-order valence-corrected chi connectivity index (χ3v) is 4.51. The standard InChI is InChI=1S/C6H10Br2O/c1-5(2-3-9)4-6(5,7)8/h9H,2-4H2,1H3. The fourth-order valence-electron chi connectivity index (χ4n) is 0.964. The average Bonchev–Trinajstić information content (AvgIpc) is 2.07. The lowest BCUT2D eigenvalue weighted by Gasteiger charge is -2.08. The van der Waals surface area contributed by atoms with Crippen molar-refractivity contribution in [3.8, 4) is 0 Å². The monoisotopic (exact) mass is 256 g/mol. The maximum absolute atomic E-state index is 8.63. The molecule has 0 amide bonds. The van der Waals surface area contributed by atoms with Crippen LogP contribution in [-0.4, -0.2) is 14.9 Å². The van der Waals surface area contributed by atoms with E-state index in [2.05, 4.69) is 38.8 Å². The van der Waals surface area contributed by atoms with Gasteiger partial charge in [-0.25, -0.2) is 0 Å². The van der Waals surface area contributed by atoms with E-state index in [-0.39, 0.29) is 15.3 Å². The van der Waals surface area contributed by atoms with Crippen LogP contribution in [0.5, 0.6) is 0 Å². The molecule has 0 aromatic carbocycles. The van der Waals surface area contributed by atoms with Crippen LogP contribution in [0.25, 0.3) is 0 Å². The molecule has 0 heterocycles. The summed E-state index contributed by atoms with van der Waals surface area (Å²) in [4.78, 5) is 0. The van der Waals surface area contributed by atoms with Gasteiger partial charge in [0.1, 0.15) is 0 Å². The number of hydrogen-bond acceptors (Lipinski definition) is 1. The number of hydrogen-bond donors (Lipinski definition) is 1. The molecule has 1 N–H and O–H groups in total. The van der Waals surface area contributed by atoms with Crippen LogP contribution < -0.4 is 0 Å². The van der Waals surface area contributed by atoms with Crippen LogP contribution in [0, 0.1) is 5.41 Å². The normalized spacial score (nSPS) is 38.7. The second kappa shape index (κ2) is 2.21. The molecule has 1 rings (SSSR count). The Hall–Kier alpha value is 0.920. The molecule has 1 unspecified atom stereocenters. The minimum atomic E-state index is 0.121. The summed E-state index contributed by atoms with van der Waals surface area (Å²) in [6, 6.07) is 0. The lowest BCUT2D eigenvalue weighted by atomic mass is 10.1. The number of halogens is 2. The average molecular weight is 258 g/mol. The third-order valence-electron chi connectivity index (χ3n) is 2.03.